The number of H-pyrrole nitrogens is 1. The first-order valence-electron chi connectivity index (χ1n) is 7.70. The molecule has 0 aromatic carbocycles. The zero-order valence-electron chi connectivity index (χ0n) is 13.0. The Balaban J connectivity index is 1.73. The molecular formula is C17H15ClN6. The van der Waals surface area contributed by atoms with E-state index < -0.39 is 0 Å². The largest absolute Gasteiger partial charge is 0.346 e. The van der Waals surface area contributed by atoms with Crippen molar-refractivity contribution in [2.75, 3.05) is 0 Å². The molecule has 0 amide bonds. The van der Waals surface area contributed by atoms with E-state index in [4.69, 9.17) is 11.6 Å². The van der Waals surface area contributed by atoms with Crippen molar-refractivity contribution in [3.63, 3.8) is 0 Å². The van der Waals surface area contributed by atoms with Gasteiger partial charge in [0.1, 0.15) is 17.1 Å². The van der Waals surface area contributed by atoms with Crippen LogP contribution >= 0.6 is 11.6 Å². The van der Waals surface area contributed by atoms with E-state index in [1.54, 1.807) is 18.6 Å². The van der Waals surface area contributed by atoms with E-state index in [1.165, 1.54) is 0 Å². The summed E-state index contributed by atoms with van der Waals surface area (Å²) in [4.78, 5) is 15.9. The van der Waals surface area contributed by atoms with Crippen LogP contribution in [0.25, 0.3) is 22.3 Å². The van der Waals surface area contributed by atoms with Crippen LogP contribution in [0.4, 0.5) is 0 Å². The van der Waals surface area contributed by atoms with Crippen LogP contribution in [-0.2, 0) is 0 Å². The molecule has 0 radical (unpaired) electrons. The highest BCUT2D eigenvalue weighted by atomic mass is 35.5. The molecule has 1 atom stereocenters. The minimum atomic E-state index is 0.104. The zero-order chi connectivity index (χ0) is 16.5. The van der Waals surface area contributed by atoms with Crippen molar-refractivity contribution < 1.29 is 0 Å². The second-order valence-electron chi connectivity index (χ2n) is 5.51. The van der Waals surface area contributed by atoms with Gasteiger partial charge < -0.3 is 4.98 Å². The third-order valence-corrected chi connectivity index (χ3v) is 4.29. The minimum absolute atomic E-state index is 0.104. The Morgan fingerprint density at radius 2 is 2.08 bits per heavy atom. The van der Waals surface area contributed by atoms with Gasteiger partial charge in [0.15, 0.2) is 0 Å². The van der Waals surface area contributed by atoms with E-state index in [1.807, 2.05) is 35.4 Å². The summed E-state index contributed by atoms with van der Waals surface area (Å²) in [6, 6.07) is 5.87. The second-order valence-corrected chi connectivity index (χ2v) is 5.90. The fourth-order valence-corrected chi connectivity index (χ4v) is 3.00. The number of aromatic nitrogens is 6. The molecule has 4 aromatic rings. The lowest BCUT2D eigenvalue weighted by atomic mass is 10.1. The third-order valence-electron chi connectivity index (χ3n) is 4.07. The second kappa shape index (κ2) is 6.05. The van der Waals surface area contributed by atoms with Crippen LogP contribution in [-0.4, -0.2) is 29.7 Å². The van der Waals surface area contributed by atoms with Crippen molar-refractivity contribution in [3.8, 4) is 11.3 Å². The van der Waals surface area contributed by atoms with Crippen molar-refractivity contribution in [1.29, 1.82) is 0 Å². The molecule has 4 heterocycles. The van der Waals surface area contributed by atoms with Crippen molar-refractivity contribution in [1.82, 2.24) is 29.7 Å². The SMILES string of the molecule is CCC(c1ccc(Cl)nc1)n1cc(-c2ncnc3[nH]ccc23)cn1. The first-order valence-corrected chi connectivity index (χ1v) is 8.08. The molecule has 0 saturated heterocycles. The Kier molecular flexibility index (Phi) is 3.74. The number of nitrogens with zero attached hydrogens (tertiary/aromatic N) is 5. The molecule has 7 heteroatoms. The normalized spacial score (nSPS) is 12.6. The first kappa shape index (κ1) is 14.8. The average molecular weight is 339 g/mol. The van der Waals surface area contributed by atoms with Crippen LogP contribution in [0.1, 0.15) is 24.9 Å². The number of aromatic amines is 1. The summed E-state index contributed by atoms with van der Waals surface area (Å²) in [5, 5.41) is 6.01. The van der Waals surface area contributed by atoms with E-state index >= 15 is 0 Å². The predicted octanol–water partition coefficient (Wildman–Crippen LogP) is 3.87. The van der Waals surface area contributed by atoms with Crippen LogP contribution in [0.5, 0.6) is 0 Å². The summed E-state index contributed by atoms with van der Waals surface area (Å²) < 4.78 is 1.95. The Hall–Kier alpha value is -2.73. The lowest BCUT2D eigenvalue weighted by molar-refractivity contribution is 0.508. The summed E-state index contributed by atoms with van der Waals surface area (Å²) in [6.45, 7) is 2.12. The summed E-state index contributed by atoms with van der Waals surface area (Å²) in [7, 11) is 0. The number of rotatable bonds is 4. The minimum Gasteiger partial charge on any atom is -0.346 e. The zero-order valence-corrected chi connectivity index (χ0v) is 13.8. The average Bonchev–Trinajstić information content (AvgIpc) is 3.26. The monoisotopic (exact) mass is 338 g/mol. The Morgan fingerprint density at radius 3 is 2.88 bits per heavy atom. The van der Waals surface area contributed by atoms with Gasteiger partial charge in [0.05, 0.1) is 17.9 Å². The molecule has 4 aromatic heterocycles. The van der Waals surface area contributed by atoms with Crippen LogP contribution in [0.2, 0.25) is 5.15 Å². The summed E-state index contributed by atoms with van der Waals surface area (Å²) in [5.74, 6) is 0. The van der Waals surface area contributed by atoms with Gasteiger partial charge in [-0.15, -0.1) is 0 Å². The fourth-order valence-electron chi connectivity index (χ4n) is 2.89. The van der Waals surface area contributed by atoms with Gasteiger partial charge in [0, 0.05) is 29.5 Å². The molecule has 0 saturated carbocycles. The highest BCUT2D eigenvalue weighted by Gasteiger charge is 2.15. The van der Waals surface area contributed by atoms with Crippen LogP contribution in [0.15, 0.2) is 49.3 Å². The molecule has 0 aliphatic rings. The number of hydrogen-bond donors (Lipinski definition) is 1. The van der Waals surface area contributed by atoms with Gasteiger partial charge in [-0.2, -0.15) is 5.10 Å². The third kappa shape index (κ3) is 2.55. The van der Waals surface area contributed by atoms with Gasteiger partial charge in [-0.3, -0.25) is 4.68 Å². The molecule has 1 N–H and O–H groups in total. The maximum atomic E-state index is 5.88. The van der Waals surface area contributed by atoms with Crippen molar-refractivity contribution in [2.24, 2.45) is 0 Å². The Bertz CT molecular complexity index is 972. The van der Waals surface area contributed by atoms with Gasteiger partial charge in [-0.25, -0.2) is 15.0 Å². The van der Waals surface area contributed by atoms with Crippen molar-refractivity contribution in [3.05, 3.63) is 60.0 Å². The Labute approximate surface area is 143 Å². The quantitative estimate of drug-likeness (QED) is 0.573. The highest BCUT2D eigenvalue weighted by molar-refractivity contribution is 6.29. The lowest BCUT2D eigenvalue weighted by Gasteiger charge is -2.15. The fraction of sp³-hybridized carbons (Fsp3) is 0.176. The highest BCUT2D eigenvalue weighted by Crippen LogP contribution is 2.27. The molecule has 120 valence electrons. The number of nitrogens with one attached hydrogen (secondary N) is 1. The van der Waals surface area contributed by atoms with Crippen LogP contribution in [0, 0.1) is 0 Å². The number of fused-ring (bicyclic) bond motifs is 1. The maximum absolute atomic E-state index is 5.88. The number of pyridine rings is 1. The number of hydrogen-bond acceptors (Lipinski definition) is 4. The molecule has 1 unspecified atom stereocenters. The van der Waals surface area contributed by atoms with Gasteiger partial charge in [0.2, 0.25) is 0 Å². The van der Waals surface area contributed by atoms with E-state index in [0.29, 0.717) is 5.15 Å². The molecular weight excluding hydrogens is 324 g/mol. The van der Waals surface area contributed by atoms with E-state index in [0.717, 1.165) is 34.3 Å². The molecule has 24 heavy (non-hydrogen) atoms. The summed E-state index contributed by atoms with van der Waals surface area (Å²) >= 11 is 5.88. The maximum Gasteiger partial charge on any atom is 0.141 e. The Morgan fingerprint density at radius 1 is 1.17 bits per heavy atom. The molecule has 4 rings (SSSR count). The van der Waals surface area contributed by atoms with E-state index in [-0.39, 0.29) is 6.04 Å². The molecule has 0 spiro atoms. The molecule has 6 nitrogen and oxygen atoms in total. The summed E-state index contributed by atoms with van der Waals surface area (Å²) in [6.07, 6.45) is 9.96. The topological polar surface area (TPSA) is 72.3 Å². The van der Waals surface area contributed by atoms with Gasteiger partial charge in [0.25, 0.3) is 0 Å². The summed E-state index contributed by atoms with van der Waals surface area (Å²) in [5.41, 5.74) is 3.73. The van der Waals surface area contributed by atoms with Crippen molar-refractivity contribution in [2.45, 2.75) is 19.4 Å². The molecule has 0 aliphatic carbocycles. The van der Waals surface area contributed by atoms with Gasteiger partial charge in [-0.05, 0) is 24.1 Å². The molecule has 0 bridgehead atoms. The van der Waals surface area contributed by atoms with Gasteiger partial charge in [-0.1, -0.05) is 24.6 Å². The lowest BCUT2D eigenvalue weighted by Crippen LogP contribution is -2.10. The van der Waals surface area contributed by atoms with Crippen molar-refractivity contribution >= 4 is 22.6 Å². The smallest absolute Gasteiger partial charge is 0.141 e. The predicted molar refractivity (Wildman–Crippen MR) is 92.8 cm³/mol. The molecule has 0 fully saturated rings. The van der Waals surface area contributed by atoms with E-state index in [9.17, 15) is 0 Å². The molecule has 0 aliphatic heterocycles. The standard InChI is InChI=1S/C17H15ClN6/c1-2-14(11-3-4-15(18)20-7-11)24-9-12(8-23-24)16-13-5-6-19-17(13)22-10-21-16/h3-10,14H,2H2,1H3,(H,19,21,22). The van der Waals surface area contributed by atoms with Crippen LogP contribution < -0.4 is 0 Å². The van der Waals surface area contributed by atoms with E-state index in [2.05, 4.69) is 32.0 Å². The van der Waals surface area contributed by atoms with Gasteiger partial charge >= 0.3 is 0 Å². The van der Waals surface area contributed by atoms with Crippen LogP contribution in [0.3, 0.4) is 0 Å². The number of halogens is 1. The first-order chi connectivity index (χ1) is 11.8.